The van der Waals surface area contributed by atoms with Gasteiger partial charge in [0.2, 0.25) is 0 Å². The largest absolute Gasteiger partial charge is 0.401 e. The van der Waals surface area contributed by atoms with E-state index in [0.717, 1.165) is 61.0 Å². The van der Waals surface area contributed by atoms with Crippen LogP contribution in [0.4, 0.5) is 10.1 Å². The van der Waals surface area contributed by atoms with Crippen molar-refractivity contribution in [2.24, 2.45) is 5.73 Å². The Labute approximate surface area is 207 Å². The van der Waals surface area contributed by atoms with Crippen LogP contribution in [-0.4, -0.2) is 30.6 Å². The highest BCUT2D eigenvalue weighted by molar-refractivity contribution is 6.31. The minimum atomic E-state index is -0.410. The Morgan fingerprint density at radius 1 is 1.18 bits per heavy atom. The summed E-state index contributed by atoms with van der Waals surface area (Å²) in [5.74, 6) is -0.410. The summed E-state index contributed by atoms with van der Waals surface area (Å²) in [5.41, 5.74) is 13.3. The van der Waals surface area contributed by atoms with Crippen LogP contribution >= 0.6 is 11.6 Å². The van der Waals surface area contributed by atoms with Crippen molar-refractivity contribution in [1.82, 2.24) is 10.2 Å². The molecule has 0 amide bonds. The summed E-state index contributed by atoms with van der Waals surface area (Å²) in [6.07, 6.45) is 9.69. The minimum Gasteiger partial charge on any atom is -0.401 e. The number of nitrogens with zero attached hydrogens (tertiary/aromatic N) is 1. The normalized spacial score (nSPS) is 23.0. The highest BCUT2D eigenvalue weighted by Crippen LogP contribution is 2.37. The smallest absolute Gasteiger partial charge is 0.164 e. The van der Waals surface area contributed by atoms with E-state index in [9.17, 15) is 4.39 Å². The Bertz CT molecular complexity index is 1120. The fraction of sp³-hybridized carbons (Fsp3) is 0.429. The van der Waals surface area contributed by atoms with Gasteiger partial charge in [-0.05, 0) is 67.5 Å². The second kappa shape index (κ2) is 10.0. The van der Waals surface area contributed by atoms with E-state index in [4.69, 9.17) is 17.3 Å². The monoisotopic (exact) mass is 480 g/mol. The van der Waals surface area contributed by atoms with Gasteiger partial charge in [0, 0.05) is 36.9 Å². The average Bonchev–Trinajstić information content (AvgIpc) is 3.32. The van der Waals surface area contributed by atoms with Crippen LogP contribution in [0.1, 0.15) is 68.2 Å². The number of anilines is 1. The maximum atomic E-state index is 14.7. The van der Waals surface area contributed by atoms with Crippen molar-refractivity contribution in [3.8, 4) is 0 Å². The van der Waals surface area contributed by atoms with Gasteiger partial charge in [0.25, 0.3) is 0 Å². The molecule has 0 spiro atoms. The summed E-state index contributed by atoms with van der Waals surface area (Å²) in [5, 5.41) is 7.05. The van der Waals surface area contributed by atoms with Crippen LogP contribution in [0.25, 0.3) is 11.3 Å². The predicted octanol–water partition coefficient (Wildman–Crippen LogP) is 6.30. The molecule has 0 saturated heterocycles. The molecule has 2 aliphatic heterocycles. The molecule has 2 aromatic rings. The van der Waals surface area contributed by atoms with Crippen molar-refractivity contribution in [2.75, 3.05) is 25.0 Å². The summed E-state index contributed by atoms with van der Waals surface area (Å²) in [6.45, 7) is 4.82. The summed E-state index contributed by atoms with van der Waals surface area (Å²) in [7, 11) is 0. The van der Waals surface area contributed by atoms with Crippen LogP contribution in [0.3, 0.4) is 0 Å². The van der Waals surface area contributed by atoms with E-state index < -0.39 is 5.82 Å². The van der Waals surface area contributed by atoms with Crippen molar-refractivity contribution in [3.63, 3.8) is 0 Å². The molecule has 0 radical (unpaired) electrons. The molecule has 3 aliphatic rings. The first-order chi connectivity index (χ1) is 16.5. The standard InChI is InChI=1S/C28H34ClFN4/c1-18(31)28-22-10-9-20(19-12-15-34(16-13-19)21-5-2-3-6-21)17-23(22)25(11-14-32-28)33-26-8-4-7-24(29)27(26)30/h4,7-10,12,17,21,25,32-33H,2-3,5-6,11,13-16,31H2,1H3/b28-18-. The zero-order chi connectivity index (χ0) is 23.7. The topological polar surface area (TPSA) is 53.3 Å². The molecular weight excluding hydrogens is 447 g/mol. The van der Waals surface area contributed by atoms with Crippen molar-refractivity contribution in [3.05, 3.63) is 75.7 Å². The number of hydrogen-bond donors (Lipinski definition) is 3. The third kappa shape index (κ3) is 4.69. The van der Waals surface area contributed by atoms with Crippen molar-refractivity contribution >= 4 is 28.6 Å². The van der Waals surface area contributed by atoms with Gasteiger partial charge in [-0.3, -0.25) is 4.90 Å². The molecular formula is C28H34ClFN4. The van der Waals surface area contributed by atoms with Gasteiger partial charge in [-0.2, -0.15) is 0 Å². The first-order valence-corrected chi connectivity index (χ1v) is 12.9. The summed E-state index contributed by atoms with van der Waals surface area (Å²) >= 11 is 6.05. The Balaban J connectivity index is 1.48. The van der Waals surface area contributed by atoms with Crippen molar-refractivity contribution in [2.45, 2.75) is 57.5 Å². The lowest BCUT2D eigenvalue weighted by Gasteiger charge is -2.32. The Morgan fingerprint density at radius 2 is 2.00 bits per heavy atom. The number of halogens is 2. The highest BCUT2D eigenvalue weighted by atomic mass is 35.5. The average molecular weight is 481 g/mol. The molecule has 4 nitrogen and oxygen atoms in total. The molecule has 5 rings (SSSR count). The number of nitrogens with two attached hydrogens (primary N) is 1. The third-order valence-electron chi connectivity index (χ3n) is 7.56. The second-order valence-electron chi connectivity index (χ2n) is 9.79. The summed E-state index contributed by atoms with van der Waals surface area (Å²) in [6, 6.07) is 12.5. The van der Waals surface area contributed by atoms with Crippen LogP contribution in [0.5, 0.6) is 0 Å². The number of fused-ring (bicyclic) bond motifs is 1. The Kier molecular flexibility index (Phi) is 6.84. The summed E-state index contributed by atoms with van der Waals surface area (Å²) in [4.78, 5) is 2.65. The maximum Gasteiger partial charge on any atom is 0.164 e. The number of hydrogen-bond acceptors (Lipinski definition) is 4. The Morgan fingerprint density at radius 3 is 2.74 bits per heavy atom. The fourth-order valence-electron chi connectivity index (χ4n) is 5.72. The molecule has 4 N–H and O–H groups in total. The zero-order valence-corrected chi connectivity index (χ0v) is 20.6. The van der Waals surface area contributed by atoms with Crippen molar-refractivity contribution < 1.29 is 4.39 Å². The number of allylic oxidation sites excluding steroid dienone is 1. The van der Waals surface area contributed by atoms with E-state index in [1.54, 1.807) is 18.2 Å². The molecule has 0 bridgehead atoms. The van der Waals surface area contributed by atoms with Crippen LogP contribution < -0.4 is 16.4 Å². The van der Waals surface area contributed by atoms with E-state index in [2.05, 4.69) is 39.8 Å². The van der Waals surface area contributed by atoms with E-state index in [1.165, 1.54) is 36.8 Å². The quantitative estimate of drug-likeness (QED) is 0.480. The molecule has 180 valence electrons. The van der Waals surface area contributed by atoms with Crippen LogP contribution in [0, 0.1) is 5.82 Å². The van der Waals surface area contributed by atoms with Gasteiger partial charge in [-0.1, -0.05) is 48.7 Å². The predicted molar refractivity (Wildman–Crippen MR) is 140 cm³/mol. The fourth-order valence-corrected chi connectivity index (χ4v) is 5.90. The van der Waals surface area contributed by atoms with E-state index in [1.807, 2.05) is 6.92 Å². The zero-order valence-electron chi connectivity index (χ0n) is 19.8. The van der Waals surface area contributed by atoms with Gasteiger partial charge in [0.1, 0.15) is 0 Å². The van der Waals surface area contributed by atoms with Gasteiger partial charge in [0.05, 0.1) is 22.4 Å². The molecule has 2 heterocycles. The molecule has 1 atom stereocenters. The lowest BCUT2D eigenvalue weighted by atomic mass is 9.90. The third-order valence-corrected chi connectivity index (χ3v) is 7.85. The first-order valence-electron chi connectivity index (χ1n) is 12.5. The lowest BCUT2D eigenvalue weighted by molar-refractivity contribution is 0.219. The highest BCUT2D eigenvalue weighted by Gasteiger charge is 2.26. The molecule has 1 aliphatic carbocycles. The lowest BCUT2D eigenvalue weighted by Crippen LogP contribution is -2.36. The SMILES string of the molecule is C/C(N)=C1/NCCC(Nc2cccc(Cl)c2F)c2cc(C3=CCN(C4CCCC4)CC3)ccc21. The number of benzene rings is 2. The molecule has 1 fully saturated rings. The molecule has 2 aromatic carbocycles. The van der Waals surface area contributed by atoms with E-state index in [0.29, 0.717) is 5.69 Å². The number of rotatable bonds is 4. The minimum absolute atomic E-state index is 0.0635. The first kappa shape index (κ1) is 23.3. The second-order valence-corrected chi connectivity index (χ2v) is 10.2. The van der Waals surface area contributed by atoms with Gasteiger partial charge in [0.15, 0.2) is 5.82 Å². The Hall–Kier alpha value is -2.50. The molecule has 0 aromatic heterocycles. The van der Waals surface area contributed by atoms with Gasteiger partial charge >= 0.3 is 0 Å². The van der Waals surface area contributed by atoms with Gasteiger partial charge in [-0.15, -0.1) is 0 Å². The van der Waals surface area contributed by atoms with Crippen LogP contribution in [0.15, 0.2) is 48.2 Å². The van der Waals surface area contributed by atoms with Crippen LogP contribution in [0.2, 0.25) is 5.02 Å². The molecule has 1 saturated carbocycles. The van der Waals surface area contributed by atoms with Crippen LogP contribution in [-0.2, 0) is 0 Å². The molecule has 34 heavy (non-hydrogen) atoms. The van der Waals surface area contributed by atoms with Gasteiger partial charge < -0.3 is 16.4 Å². The maximum absolute atomic E-state index is 14.7. The van der Waals surface area contributed by atoms with E-state index in [-0.39, 0.29) is 11.1 Å². The summed E-state index contributed by atoms with van der Waals surface area (Å²) < 4.78 is 14.7. The number of nitrogens with one attached hydrogen (secondary N) is 2. The molecule has 1 unspecified atom stereocenters. The van der Waals surface area contributed by atoms with E-state index >= 15 is 0 Å². The van der Waals surface area contributed by atoms with Crippen molar-refractivity contribution in [1.29, 1.82) is 0 Å². The van der Waals surface area contributed by atoms with Gasteiger partial charge in [-0.25, -0.2) is 4.39 Å². The molecule has 6 heteroatoms.